The topological polar surface area (TPSA) is 40.6 Å². The first-order valence-electron chi connectivity index (χ1n) is 7.24. The standard InChI is InChI=1S/C14H18N2O2.C2H6/c1-12(17)11-14(18)16-9-7-15(8-10-16)13-5-3-2-4-6-13;1-2/h2-6H,7-11H2,1H3;1-2H3. The molecule has 1 aliphatic heterocycles. The van der Waals surface area contributed by atoms with Crippen molar-refractivity contribution < 1.29 is 9.59 Å². The van der Waals surface area contributed by atoms with Gasteiger partial charge in [-0.3, -0.25) is 9.59 Å². The van der Waals surface area contributed by atoms with Crippen LogP contribution in [0.25, 0.3) is 0 Å². The van der Waals surface area contributed by atoms with Gasteiger partial charge in [0.2, 0.25) is 5.91 Å². The number of carbonyl (C=O) groups excluding carboxylic acids is 2. The number of anilines is 1. The summed E-state index contributed by atoms with van der Waals surface area (Å²) in [5.74, 6) is -0.110. The van der Waals surface area contributed by atoms with Crippen molar-refractivity contribution in [2.45, 2.75) is 27.2 Å². The second-order valence-electron chi connectivity index (χ2n) is 4.58. The van der Waals surface area contributed by atoms with E-state index in [0.29, 0.717) is 13.1 Å². The highest BCUT2D eigenvalue weighted by atomic mass is 16.2. The van der Waals surface area contributed by atoms with Crippen LogP contribution in [0.4, 0.5) is 5.69 Å². The first-order valence-corrected chi connectivity index (χ1v) is 7.24. The molecule has 0 N–H and O–H groups in total. The number of benzene rings is 1. The molecule has 1 amide bonds. The van der Waals surface area contributed by atoms with E-state index in [1.807, 2.05) is 32.0 Å². The zero-order valence-corrected chi connectivity index (χ0v) is 12.6. The van der Waals surface area contributed by atoms with Crippen molar-refractivity contribution in [3.8, 4) is 0 Å². The van der Waals surface area contributed by atoms with Gasteiger partial charge < -0.3 is 9.80 Å². The molecule has 0 saturated carbocycles. The highest BCUT2D eigenvalue weighted by Crippen LogP contribution is 2.15. The Bertz CT molecular complexity index is 423. The van der Waals surface area contributed by atoms with Gasteiger partial charge in [0, 0.05) is 31.9 Å². The van der Waals surface area contributed by atoms with E-state index >= 15 is 0 Å². The van der Waals surface area contributed by atoms with E-state index in [9.17, 15) is 9.59 Å². The van der Waals surface area contributed by atoms with E-state index in [0.717, 1.165) is 13.1 Å². The predicted octanol–water partition coefficient (Wildman–Crippen LogP) is 2.34. The number of rotatable bonds is 3. The Morgan fingerprint density at radius 3 is 2.05 bits per heavy atom. The van der Waals surface area contributed by atoms with Gasteiger partial charge in [0.15, 0.2) is 0 Å². The molecule has 20 heavy (non-hydrogen) atoms. The molecule has 0 unspecified atom stereocenters. The van der Waals surface area contributed by atoms with Gasteiger partial charge >= 0.3 is 0 Å². The van der Waals surface area contributed by atoms with Gasteiger partial charge in [-0.25, -0.2) is 0 Å². The average Bonchev–Trinajstić information content (AvgIpc) is 2.50. The predicted molar refractivity (Wildman–Crippen MR) is 81.9 cm³/mol. The van der Waals surface area contributed by atoms with Crippen LogP contribution in [0.15, 0.2) is 30.3 Å². The van der Waals surface area contributed by atoms with Crippen molar-refractivity contribution in [1.29, 1.82) is 0 Å². The van der Waals surface area contributed by atoms with Gasteiger partial charge in [0.1, 0.15) is 5.78 Å². The second-order valence-corrected chi connectivity index (χ2v) is 4.58. The van der Waals surface area contributed by atoms with E-state index in [2.05, 4.69) is 17.0 Å². The highest BCUT2D eigenvalue weighted by molar-refractivity contribution is 5.96. The summed E-state index contributed by atoms with van der Waals surface area (Å²) < 4.78 is 0. The molecule has 0 aromatic heterocycles. The molecule has 0 atom stereocenters. The SMILES string of the molecule is CC.CC(=O)CC(=O)N1CCN(c2ccccc2)CC1. The Balaban J connectivity index is 0.000000956. The number of amides is 1. The fourth-order valence-corrected chi connectivity index (χ4v) is 2.18. The van der Waals surface area contributed by atoms with Crippen LogP contribution in [-0.4, -0.2) is 42.8 Å². The lowest BCUT2D eigenvalue weighted by Crippen LogP contribution is -2.49. The largest absolute Gasteiger partial charge is 0.368 e. The maximum absolute atomic E-state index is 11.7. The molecule has 2 rings (SSSR count). The van der Waals surface area contributed by atoms with E-state index in [1.165, 1.54) is 12.6 Å². The smallest absolute Gasteiger partial charge is 0.230 e. The first kappa shape index (κ1) is 16.2. The fraction of sp³-hybridized carbons (Fsp3) is 0.500. The van der Waals surface area contributed by atoms with Crippen LogP contribution in [0.2, 0.25) is 0 Å². The summed E-state index contributed by atoms with van der Waals surface area (Å²) in [6, 6.07) is 10.2. The van der Waals surface area contributed by atoms with Crippen LogP contribution in [0.1, 0.15) is 27.2 Å². The highest BCUT2D eigenvalue weighted by Gasteiger charge is 2.21. The van der Waals surface area contributed by atoms with Crippen molar-refractivity contribution in [1.82, 2.24) is 4.90 Å². The summed E-state index contributed by atoms with van der Waals surface area (Å²) in [5.41, 5.74) is 1.19. The molecular formula is C16H24N2O2. The minimum atomic E-state index is -0.0644. The monoisotopic (exact) mass is 276 g/mol. The normalized spacial score (nSPS) is 14.3. The van der Waals surface area contributed by atoms with Crippen LogP contribution in [0.5, 0.6) is 0 Å². The number of hydrogen-bond acceptors (Lipinski definition) is 3. The second kappa shape index (κ2) is 8.35. The molecule has 0 aliphatic carbocycles. The summed E-state index contributed by atoms with van der Waals surface area (Å²) in [6.45, 7) is 8.50. The van der Waals surface area contributed by atoms with Gasteiger partial charge in [-0.15, -0.1) is 0 Å². The maximum Gasteiger partial charge on any atom is 0.230 e. The van der Waals surface area contributed by atoms with Crippen molar-refractivity contribution >= 4 is 17.4 Å². The number of piperazine rings is 1. The Morgan fingerprint density at radius 2 is 1.55 bits per heavy atom. The van der Waals surface area contributed by atoms with Gasteiger partial charge in [0.25, 0.3) is 0 Å². The molecule has 1 heterocycles. The van der Waals surface area contributed by atoms with E-state index < -0.39 is 0 Å². The van der Waals surface area contributed by atoms with Crippen molar-refractivity contribution in [2.24, 2.45) is 0 Å². The minimum absolute atomic E-state index is 0.0331. The van der Waals surface area contributed by atoms with Crippen LogP contribution in [-0.2, 0) is 9.59 Å². The summed E-state index contributed by atoms with van der Waals surface area (Å²) in [7, 11) is 0. The van der Waals surface area contributed by atoms with Gasteiger partial charge in [0.05, 0.1) is 6.42 Å². The third-order valence-corrected chi connectivity index (χ3v) is 3.15. The number of carbonyl (C=O) groups is 2. The molecule has 1 aliphatic rings. The average molecular weight is 276 g/mol. The zero-order chi connectivity index (χ0) is 15.0. The lowest BCUT2D eigenvalue weighted by Gasteiger charge is -2.36. The van der Waals surface area contributed by atoms with E-state index in [1.54, 1.807) is 4.90 Å². The molecule has 1 saturated heterocycles. The van der Waals surface area contributed by atoms with Gasteiger partial charge in [-0.2, -0.15) is 0 Å². The quantitative estimate of drug-likeness (QED) is 0.796. The fourth-order valence-electron chi connectivity index (χ4n) is 2.18. The summed E-state index contributed by atoms with van der Waals surface area (Å²) >= 11 is 0. The zero-order valence-electron chi connectivity index (χ0n) is 12.6. The van der Waals surface area contributed by atoms with Crippen LogP contribution < -0.4 is 4.90 Å². The number of nitrogens with zero attached hydrogens (tertiary/aromatic N) is 2. The van der Waals surface area contributed by atoms with Crippen molar-refractivity contribution in [3.05, 3.63) is 30.3 Å². The lowest BCUT2D eigenvalue weighted by molar-refractivity contribution is -0.135. The first-order chi connectivity index (χ1) is 9.66. The summed E-state index contributed by atoms with van der Waals surface area (Å²) in [4.78, 5) is 26.7. The summed E-state index contributed by atoms with van der Waals surface area (Å²) in [6.07, 6.45) is 0.0331. The number of ketones is 1. The molecule has 0 bridgehead atoms. The lowest BCUT2D eigenvalue weighted by atomic mass is 10.2. The number of para-hydroxylation sites is 1. The number of Topliss-reactive ketones (excluding diaryl/α,β-unsaturated/α-hetero) is 1. The molecule has 4 nitrogen and oxygen atoms in total. The van der Waals surface area contributed by atoms with Crippen LogP contribution in [0, 0.1) is 0 Å². The van der Waals surface area contributed by atoms with Crippen LogP contribution in [0.3, 0.4) is 0 Å². The molecule has 4 heteroatoms. The third-order valence-electron chi connectivity index (χ3n) is 3.15. The van der Waals surface area contributed by atoms with Crippen LogP contribution >= 0.6 is 0 Å². The molecule has 1 fully saturated rings. The van der Waals surface area contributed by atoms with E-state index in [-0.39, 0.29) is 18.1 Å². The Labute approximate surface area is 121 Å². The molecule has 0 radical (unpaired) electrons. The van der Waals surface area contributed by atoms with Gasteiger partial charge in [-0.1, -0.05) is 32.0 Å². The van der Waals surface area contributed by atoms with Crippen molar-refractivity contribution in [3.63, 3.8) is 0 Å². The minimum Gasteiger partial charge on any atom is -0.368 e. The maximum atomic E-state index is 11.7. The third kappa shape index (κ3) is 4.68. The Kier molecular flexibility index (Phi) is 6.77. The molecule has 0 spiro atoms. The van der Waals surface area contributed by atoms with Gasteiger partial charge in [-0.05, 0) is 19.1 Å². The van der Waals surface area contributed by atoms with Crippen molar-refractivity contribution in [2.75, 3.05) is 31.1 Å². The molecular weight excluding hydrogens is 252 g/mol. The Morgan fingerprint density at radius 1 is 1.00 bits per heavy atom. The number of hydrogen-bond donors (Lipinski definition) is 0. The molecule has 1 aromatic carbocycles. The summed E-state index contributed by atoms with van der Waals surface area (Å²) in [5, 5.41) is 0. The van der Waals surface area contributed by atoms with E-state index in [4.69, 9.17) is 0 Å². The molecule has 110 valence electrons. The molecule has 1 aromatic rings. The Hall–Kier alpha value is -1.84.